The van der Waals surface area contributed by atoms with E-state index in [0.717, 1.165) is 38.9 Å². The zero-order valence-corrected chi connectivity index (χ0v) is 11.3. The van der Waals surface area contributed by atoms with Gasteiger partial charge in [-0.2, -0.15) is 0 Å². The van der Waals surface area contributed by atoms with E-state index in [9.17, 15) is 9.59 Å². The van der Waals surface area contributed by atoms with E-state index < -0.39 is 0 Å². The summed E-state index contributed by atoms with van der Waals surface area (Å²) in [6, 6.07) is 2.90. The molecule has 0 aromatic carbocycles. The van der Waals surface area contributed by atoms with Crippen molar-refractivity contribution in [2.45, 2.75) is 25.4 Å². The van der Waals surface area contributed by atoms with Crippen LogP contribution in [0.1, 0.15) is 29.8 Å². The number of aromatic nitrogens is 1. The van der Waals surface area contributed by atoms with Crippen molar-refractivity contribution >= 4 is 5.91 Å². The van der Waals surface area contributed by atoms with E-state index in [-0.39, 0.29) is 22.9 Å². The van der Waals surface area contributed by atoms with Gasteiger partial charge in [0.15, 0.2) is 5.43 Å². The molecule has 1 amide bonds. The van der Waals surface area contributed by atoms with E-state index in [1.165, 1.54) is 12.1 Å². The van der Waals surface area contributed by atoms with Crippen LogP contribution in [-0.2, 0) is 0 Å². The van der Waals surface area contributed by atoms with Crippen LogP contribution in [0.4, 0.5) is 0 Å². The van der Waals surface area contributed by atoms with Crippen LogP contribution >= 0.6 is 0 Å². The number of carbonyl (C=O) groups is 1. The van der Waals surface area contributed by atoms with Gasteiger partial charge >= 0.3 is 0 Å². The number of hydrogen-bond donors (Lipinski definition) is 2. The number of piperidine rings is 1. The monoisotopic (exact) mass is 274 g/mol. The molecule has 2 saturated heterocycles. The summed E-state index contributed by atoms with van der Waals surface area (Å²) in [5, 5.41) is 3.38. The van der Waals surface area contributed by atoms with E-state index in [1.807, 2.05) is 4.90 Å². The lowest BCUT2D eigenvalue weighted by atomic mass is 9.78. The second-order valence-corrected chi connectivity index (χ2v) is 6.15. The van der Waals surface area contributed by atoms with Gasteiger partial charge in [0.2, 0.25) is 0 Å². The maximum absolute atomic E-state index is 12.6. The third-order valence-corrected chi connectivity index (χ3v) is 4.87. The molecule has 3 aliphatic rings. The number of nitrogens with one attached hydrogen (secondary N) is 2. The van der Waals surface area contributed by atoms with Crippen LogP contribution in [0.15, 0.2) is 23.1 Å². The molecule has 2 N–H and O–H groups in total. The summed E-state index contributed by atoms with van der Waals surface area (Å²) in [5.74, 6) is -0.0261. The molecule has 106 valence electrons. The molecule has 1 atom stereocenters. The molecule has 0 saturated carbocycles. The fraction of sp³-hybridized carbons (Fsp3) is 0.571. The maximum Gasteiger partial charge on any atom is 0.274 e. The predicted molar refractivity (Wildman–Crippen MR) is 74.0 cm³/mol. The van der Waals surface area contributed by atoms with Gasteiger partial charge in [0, 0.05) is 24.9 Å². The fourth-order valence-corrected chi connectivity index (χ4v) is 3.77. The Hall–Kier alpha value is -1.82. The minimum atomic E-state index is -0.124. The van der Waals surface area contributed by atoms with Gasteiger partial charge in [0.1, 0.15) is 11.9 Å². The van der Waals surface area contributed by atoms with Gasteiger partial charge in [-0.25, -0.2) is 0 Å². The van der Waals surface area contributed by atoms with E-state index >= 15 is 0 Å². The molecule has 1 aromatic heterocycles. The van der Waals surface area contributed by atoms with Gasteiger partial charge < -0.3 is 15.6 Å². The number of rotatable bonds is 0. The van der Waals surface area contributed by atoms with E-state index in [4.69, 9.17) is 0 Å². The Labute approximate surface area is 116 Å². The number of fused-ring (bicyclic) bond motifs is 2. The van der Waals surface area contributed by atoms with Gasteiger partial charge in [0.25, 0.3) is 5.91 Å². The molecule has 2 fully saturated rings. The number of carbonyl (C=O) groups excluding carboxylic acids is 1. The van der Waals surface area contributed by atoms with Crippen molar-refractivity contribution in [3.63, 3.8) is 0 Å². The Kier molecular flexibility index (Phi) is 2.44. The second kappa shape index (κ2) is 4.09. The molecule has 3 aliphatic heterocycles. The quantitative estimate of drug-likeness (QED) is 0.696. The van der Waals surface area contributed by atoms with Gasteiger partial charge in [0.05, 0.1) is 0 Å². The highest BCUT2D eigenvalue weighted by Crippen LogP contribution is 2.42. The lowest BCUT2D eigenvalue weighted by Gasteiger charge is -2.34. The Bertz CT molecular complexity index is 618. The van der Waals surface area contributed by atoms with Gasteiger partial charge in [-0.15, -0.1) is 0 Å². The van der Waals surface area contributed by atoms with Crippen LogP contribution in [0.2, 0.25) is 0 Å². The molecule has 20 heavy (non-hydrogen) atoms. The number of amides is 1. The average Bonchev–Trinajstić information content (AvgIpc) is 2.79. The Morgan fingerprint density at radius 3 is 2.85 bits per heavy atom. The smallest absolute Gasteiger partial charge is 0.274 e. The molecule has 0 aliphatic carbocycles. The normalized spacial score (nSPS) is 27.1. The summed E-state index contributed by atoms with van der Waals surface area (Å²) in [5.41, 5.74) is 3.91. The van der Waals surface area contributed by atoms with Crippen LogP contribution in [0.5, 0.6) is 0 Å². The van der Waals surface area contributed by atoms with Crippen LogP contribution in [0.25, 0.3) is 0 Å². The Morgan fingerprint density at radius 2 is 2.05 bits per heavy atom. The highest BCUT2D eigenvalue weighted by Gasteiger charge is 2.48. The van der Waals surface area contributed by atoms with Crippen molar-refractivity contribution in [3.05, 3.63) is 34.2 Å². The van der Waals surface area contributed by atoms with Gasteiger partial charge in [-0.05, 0) is 37.8 Å². The highest BCUT2D eigenvalue weighted by molar-refractivity contribution is 5.94. The minimum absolute atomic E-state index is 0.0261. The van der Waals surface area contributed by atoms with Gasteiger partial charge in [-0.1, -0.05) is 0 Å². The molecular formula is C14H18N4O2. The fourth-order valence-electron chi connectivity index (χ4n) is 3.77. The molecule has 6 nitrogen and oxygen atoms in total. The molecule has 6 heteroatoms. The topological polar surface area (TPSA) is 66.4 Å². The summed E-state index contributed by atoms with van der Waals surface area (Å²) in [6.45, 7) is 2.85. The van der Waals surface area contributed by atoms with Crippen molar-refractivity contribution in [3.8, 4) is 0 Å². The van der Waals surface area contributed by atoms with Crippen molar-refractivity contribution < 1.29 is 4.79 Å². The van der Waals surface area contributed by atoms with Crippen LogP contribution < -0.4 is 16.2 Å². The first-order valence-electron chi connectivity index (χ1n) is 7.18. The molecule has 1 unspecified atom stereocenters. The zero-order valence-electron chi connectivity index (χ0n) is 11.3. The predicted octanol–water partition coefficient (Wildman–Crippen LogP) is -0.0528. The Morgan fingerprint density at radius 1 is 1.25 bits per heavy atom. The largest absolute Gasteiger partial charge is 0.317 e. The first-order valence-corrected chi connectivity index (χ1v) is 7.18. The molecular weight excluding hydrogens is 256 g/mol. The molecule has 0 bridgehead atoms. The molecule has 1 spiro atoms. The van der Waals surface area contributed by atoms with Crippen molar-refractivity contribution in [2.75, 3.05) is 25.1 Å². The number of hydrogen-bond acceptors (Lipinski definition) is 4. The van der Waals surface area contributed by atoms with Crippen molar-refractivity contribution in [2.24, 2.45) is 5.41 Å². The third-order valence-electron chi connectivity index (χ3n) is 4.87. The van der Waals surface area contributed by atoms with E-state index in [1.54, 1.807) is 10.9 Å². The third kappa shape index (κ3) is 1.67. The Balaban J connectivity index is 1.68. The second-order valence-electron chi connectivity index (χ2n) is 6.15. The van der Waals surface area contributed by atoms with E-state index in [0.29, 0.717) is 5.69 Å². The highest BCUT2D eigenvalue weighted by atomic mass is 16.2. The SMILES string of the molecule is O=C1c2cc(=O)ccn2NC2CC3(CCNCC3)CN12. The summed E-state index contributed by atoms with van der Waals surface area (Å²) in [4.78, 5) is 25.9. The minimum Gasteiger partial charge on any atom is -0.317 e. The number of pyridine rings is 1. The summed E-state index contributed by atoms with van der Waals surface area (Å²) < 4.78 is 1.70. The standard InChI is InChI=1S/C14H18N4O2/c19-10-1-6-18-11(7-10)13(20)17-9-14(8-12(17)16-18)2-4-15-5-3-14/h1,6-7,12,15-16H,2-5,8-9H2. The van der Waals surface area contributed by atoms with Crippen LogP contribution in [-0.4, -0.2) is 41.3 Å². The van der Waals surface area contributed by atoms with Crippen LogP contribution in [0, 0.1) is 5.41 Å². The molecule has 4 heterocycles. The maximum atomic E-state index is 12.6. The number of nitrogens with zero attached hydrogens (tertiary/aromatic N) is 2. The lowest BCUT2D eigenvalue weighted by molar-refractivity contribution is 0.0681. The molecule has 1 aromatic rings. The van der Waals surface area contributed by atoms with Crippen LogP contribution in [0.3, 0.4) is 0 Å². The summed E-state index contributed by atoms with van der Waals surface area (Å²) in [6.07, 6.45) is 4.92. The van der Waals surface area contributed by atoms with Crippen molar-refractivity contribution in [1.82, 2.24) is 14.9 Å². The first kappa shape index (κ1) is 12.0. The molecule has 0 radical (unpaired) electrons. The average molecular weight is 274 g/mol. The van der Waals surface area contributed by atoms with E-state index in [2.05, 4.69) is 10.7 Å². The van der Waals surface area contributed by atoms with Crippen molar-refractivity contribution in [1.29, 1.82) is 0 Å². The summed E-state index contributed by atoms with van der Waals surface area (Å²) in [7, 11) is 0. The lowest BCUT2D eigenvalue weighted by Crippen LogP contribution is -2.50. The first-order chi connectivity index (χ1) is 9.67. The summed E-state index contributed by atoms with van der Waals surface area (Å²) >= 11 is 0. The zero-order chi connectivity index (χ0) is 13.7. The molecule has 4 rings (SSSR count). The van der Waals surface area contributed by atoms with Gasteiger partial charge in [-0.3, -0.25) is 14.3 Å².